The molecule has 1 aliphatic rings. The molecule has 0 bridgehead atoms. The van der Waals surface area contributed by atoms with E-state index >= 15 is 0 Å². The number of thiophene rings is 1. The van der Waals surface area contributed by atoms with Gasteiger partial charge in [0.15, 0.2) is 11.5 Å². The van der Waals surface area contributed by atoms with Crippen molar-refractivity contribution in [1.82, 2.24) is 4.98 Å². The predicted octanol–water partition coefficient (Wildman–Crippen LogP) is 6.25. The summed E-state index contributed by atoms with van der Waals surface area (Å²) in [5, 5.41) is 0.559. The molecule has 0 atom stereocenters. The molecule has 0 radical (unpaired) electrons. The molecule has 3 heterocycles. The molecule has 3 aromatic rings. The Kier molecular flexibility index (Phi) is 5.49. The highest BCUT2D eigenvalue weighted by Crippen LogP contribution is 2.37. The van der Waals surface area contributed by atoms with E-state index in [1.807, 2.05) is 45.9 Å². The smallest absolute Gasteiger partial charge is 0.441 e. The molecule has 0 amide bonds. The molecule has 2 aromatic heterocycles. The van der Waals surface area contributed by atoms with Gasteiger partial charge >= 0.3 is 7.12 Å². The van der Waals surface area contributed by atoms with Gasteiger partial charge in [0.25, 0.3) is 0 Å². The Morgan fingerprint density at radius 3 is 2.52 bits per heavy atom. The van der Waals surface area contributed by atoms with Crippen LogP contribution in [0.3, 0.4) is 0 Å². The maximum absolute atomic E-state index is 6.53. The molecule has 1 saturated heterocycles. The van der Waals surface area contributed by atoms with E-state index in [9.17, 15) is 0 Å². The van der Waals surface area contributed by atoms with Gasteiger partial charge in [0.05, 0.1) is 15.0 Å². The second kappa shape index (κ2) is 7.54. The number of halogens is 2. The van der Waals surface area contributed by atoms with Gasteiger partial charge in [-0.05, 0) is 79.9 Å². The van der Waals surface area contributed by atoms with Crippen molar-refractivity contribution in [1.29, 1.82) is 0 Å². The summed E-state index contributed by atoms with van der Waals surface area (Å²) in [6.07, 6.45) is 1.45. The molecule has 152 valence electrons. The first-order chi connectivity index (χ1) is 13.6. The molecule has 29 heavy (non-hydrogen) atoms. The highest BCUT2D eigenvalue weighted by Gasteiger charge is 2.52. The lowest BCUT2D eigenvalue weighted by Crippen LogP contribution is -2.41. The molecule has 1 fully saturated rings. The van der Waals surface area contributed by atoms with Crippen molar-refractivity contribution in [2.45, 2.75) is 51.7 Å². The minimum Gasteiger partial charge on any atom is -0.441 e. The molecule has 0 saturated carbocycles. The van der Waals surface area contributed by atoms with Crippen LogP contribution in [0.1, 0.15) is 44.9 Å². The zero-order chi connectivity index (χ0) is 21.0. The number of hydrogen-bond acceptors (Lipinski definition) is 5. The normalized spacial score (nSPS) is 17.9. The number of oxazole rings is 1. The minimum absolute atomic E-state index is 0.431. The summed E-state index contributed by atoms with van der Waals surface area (Å²) >= 11 is 11.7. The van der Waals surface area contributed by atoms with E-state index in [-0.39, 0.29) is 0 Å². The quantitative estimate of drug-likeness (QED) is 0.393. The van der Waals surface area contributed by atoms with Gasteiger partial charge in [0.2, 0.25) is 0 Å². The number of rotatable bonds is 5. The predicted molar refractivity (Wildman–Crippen MR) is 124 cm³/mol. The number of allylic oxidation sites excluding steroid dienone is 1. The van der Waals surface area contributed by atoms with Gasteiger partial charge in [0.1, 0.15) is 5.52 Å². The SMILES string of the molecule is C=C(CCc1nc2cc(Cl)c(B3OC(C)(C)C(C)(C)O3)cc2o1)c1ccc(Br)s1. The maximum Gasteiger partial charge on any atom is 0.496 e. The van der Waals surface area contributed by atoms with Gasteiger partial charge < -0.3 is 13.7 Å². The number of fused-ring (bicyclic) bond motifs is 1. The fourth-order valence-electron chi connectivity index (χ4n) is 3.15. The molecule has 4 nitrogen and oxygen atoms in total. The Morgan fingerprint density at radius 1 is 1.21 bits per heavy atom. The summed E-state index contributed by atoms with van der Waals surface area (Å²) in [6, 6.07) is 7.79. The standard InChI is InChI=1S/C21H22BBrClNO3S/c1-12(17-7-8-18(23)29-17)6-9-19-25-15-11-14(24)13(10-16(15)26-19)22-27-20(2,3)21(4,5)28-22/h7-8,10-11H,1,6,9H2,2-5H3. The second-order valence-corrected chi connectivity index (χ2v) is 11.1. The summed E-state index contributed by atoms with van der Waals surface area (Å²) in [7, 11) is -0.539. The largest absolute Gasteiger partial charge is 0.496 e. The van der Waals surface area contributed by atoms with Gasteiger partial charge in [0, 0.05) is 21.8 Å². The van der Waals surface area contributed by atoms with Crippen molar-refractivity contribution in [3.05, 3.63) is 50.4 Å². The first-order valence-corrected chi connectivity index (χ1v) is 11.4. The first kappa shape index (κ1) is 21.1. The lowest BCUT2D eigenvalue weighted by Gasteiger charge is -2.32. The first-order valence-electron chi connectivity index (χ1n) is 9.44. The molecular formula is C21H22BBrClNO3S. The third-order valence-corrected chi connectivity index (χ3v) is 7.67. The fourth-order valence-corrected chi connectivity index (χ4v) is 4.79. The zero-order valence-corrected chi connectivity index (χ0v) is 20.0. The summed E-state index contributed by atoms with van der Waals surface area (Å²) in [4.78, 5) is 5.76. The van der Waals surface area contributed by atoms with Crippen LogP contribution in [0.15, 0.2) is 39.0 Å². The Hall–Kier alpha value is -1.12. The van der Waals surface area contributed by atoms with Gasteiger partial charge in [-0.3, -0.25) is 0 Å². The van der Waals surface area contributed by atoms with Gasteiger partial charge in [-0.2, -0.15) is 0 Å². The van der Waals surface area contributed by atoms with E-state index in [2.05, 4.69) is 33.6 Å². The van der Waals surface area contributed by atoms with E-state index < -0.39 is 18.3 Å². The van der Waals surface area contributed by atoms with Crippen molar-refractivity contribution in [3.8, 4) is 0 Å². The number of benzene rings is 1. The Balaban J connectivity index is 1.54. The van der Waals surface area contributed by atoms with Crippen LogP contribution < -0.4 is 5.46 Å². The average molecular weight is 495 g/mol. The van der Waals surface area contributed by atoms with Crippen LogP contribution in [0.5, 0.6) is 0 Å². The van der Waals surface area contributed by atoms with E-state index in [1.165, 1.54) is 4.88 Å². The van der Waals surface area contributed by atoms with Crippen LogP contribution in [0.4, 0.5) is 0 Å². The Bertz CT molecular complexity index is 1070. The van der Waals surface area contributed by atoms with Crippen molar-refractivity contribution in [2.75, 3.05) is 0 Å². The van der Waals surface area contributed by atoms with Crippen LogP contribution in [0, 0.1) is 0 Å². The van der Waals surface area contributed by atoms with Crippen molar-refractivity contribution < 1.29 is 13.7 Å². The monoisotopic (exact) mass is 493 g/mol. The number of hydrogen-bond donors (Lipinski definition) is 0. The van der Waals surface area contributed by atoms with E-state index in [0.717, 1.165) is 26.8 Å². The molecule has 4 rings (SSSR count). The van der Waals surface area contributed by atoms with E-state index in [4.69, 9.17) is 25.3 Å². The summed E-state index contributed by atoms with van der Waals surface area (Å²) in [6.45, 7) is 12.3. The van der Waals surface area contributed by atoms with Crippen LogP contribution in [-0.4, -0.2) is 23.3 Å². The van der Waals surface area contributed by atoms with Crippen LogP contribution in [0.25, 0.3) is 16.7 Å². The van der Waals surface area contributed by atoms with E-state index in [0.29, 0.717) is 22.9 Å². The van der Waals surface area contributed by atoms with E-state index in [1.54, 1.807) is 11.3 Å². The fraction of sp³-hybridized carbons (Fsp3) is 0.381. The van der Waals surface area contributed by atoms with Crippen LogP contribution in [0.2, 0.25) is 5.02 Å². The van der Waals surface area contributed by atoms with Gasteiger partial charge in [-0.25, -0.2) is 4.98 Å². The van der Waals surface area contributed by atoms with Crippen LogP contribution >= 0.6 is 38.9 Å². The molecule has 8 heteroatoms. The minimum atomic E-state index is -0.539. The number of aromatic nitrogens is 1. The van der Waals surface area contributed by atoms with Crippen molar-refractivity contribution in [2.24, 2.45) is 0 Å². The topological polar surface area (TPSA) is 44.5 Å². The zero-order valence-electron chi connectivity index (χ0n) is 16.8. The number of aryl methyl sites for hydroxylation is 1. The van der Waals surface area contributed by atoms with Crippen molar-refractivity contribution in [3.63, 3.8) is 0 Å². The molecule has 1 aliphatic heterocycles. The highest BCUT2D eigenvalue weighted by molar-refractivity contribution is 9.11. The molecule has 0 aliphatic carbocycles. The molecule has 0 N–H and O–H groups in total. The average Bonchev–Trinajstić information content (AvgIpc) is 3.28. The molecule has 0 unspecified atom stereocenters. The van der Waals surface area contributed by atoms with Crippen molar-refractivity contribution >= 4 is 68.1 Å². The maximum atomic E-state index is 6.53. The van der Waals surface area contributed by atoms with Crippen LogP contribution in [-0.2, 0) is 15.7 Å². The third-order valence-electron chi connectivity index (χ3n) is 5.62. The highest BCUT2D eigenvalue weighted by atomic mass is 79.9. The summed E-state index contributed by atoms with van der Waals surface area (Å²) in [5.74, 6) is 0.666. The Morgan fingerprint density at radius 2 is 1.90 bits per heavy atom. The number of nitrogens with zero attached hydrogens (tertiary/aromatic N) is 1. The third kappa shape index (κ3) is 4.08. The van der Waals surface area contributed by atoms with Gasteiger partial charge in [-0.1, -0.05) is 18.2 Å². The lowest BCUT2D eigenvalue weighted by molar-refractivity contribution is 0.00578. The van der Waals surface area contributed by atoms with Gasteiger partial charge in [-0.15, -0.1) is 11.3 Å². The molecule has 0 spiro atoms. The second-order valence-electron chi connectivity index (χ2n) is 8.24. The molecule has 1 aromatic carbocycles. The summed E-state index contributed by atoms with van der Waals surface area (Å²) in [5.41, 5.74) is 2.37. The Labute approximate surface area is 188 Å². The lowest BCUT2D eigenvalue weighted by atomic mass is 9.79. The molecular weight excluding hydrogens is 472 g/mol. The summed E-state index contributed by atoms with van der Waals surface area (Å²) < 4.78 is 19.4.